The van der Waals surface area contributed by atoms with E-state index in [1.807, 2.05) is 12.1 Å². The molecule has 0 heterocycles. The molecule has 0 aliphatic heterocycles. The summed E-state index contributed by atoms with van der Waals surface area (Å²) in [6.07, 6.45) is 0. The first-order valence-corrected chi connectivity index (χ1v) is 7.22. The molecule has 0 aromatic heterocycles. The third-order valence-corrected chi connectivity index (χ3v) is 3.72. The van der Waals surface area contributed by atoms with Crippen LogP contribution in [-0.2, 0) is 0 Å². The Bertz CT molecular complexity index is 632. The molecule has 4 heteroatoms. The van der Waals surface area contributed by atoms with Gasteiger partial charge in [0.2, 0.25) is 0 Å². The van der Waals surface area contributed by atoms with Gasteiger partial charge in [-0.05, 0) is 36.1 Å². The van der Waals surface area contributed by atoms with Gasteiger partial charge in [-0.3, -0.25) is 4.79 Å². The molecule has 0 unspecified atom stereocenters. The molecule has 20 heavy (non-hydrogen) atoms. The highest BCUT2D eigenvalue weighted by Crippen LogP contribution is 2.20. The van der Waals surface area contributed by atoms with Gasteiger partial charge in [0.15, 0.2) is 5.78 Å². The number of hydrogen-bond acceptors (Lipinski definition) is 3. The van der Waals surface area contributed by atoms with Crippen molar-refractivity contribution in [2.45, 2.75) is 11.8 Å². The van der Waals surface area contributed by atoms with E-state index in [1.54, 1.807) is 42.1 Å². The summed E-state index contributed by atoms with van der Waals surface area (Å²) >= 11 is 1.69. The minimum atomic E-state index is -1.09. The van der Waals surface area contributed by atoms with Crippen molar-refractivity contribution in [3.05, 3.63) is 65.2 Å². The van der Waals surface area contributed by atoms with Crippen LogP contribution in [0.4, 0.5) is 0 Å². The van der Waals surface area contributed by atoms with E-state index in [4.69, 9.17) is 5.11 Å². The Morgan fingerprint density at radius 1 is 1.00 bits per heavy atom. The van der Waals surface area contributed by atoms with Crippen molar-refractivity contribution in [3.63, 3.8) is 0 Å². The fourth-order valence-corrected chi connectivity index (χ4v) is 2.55. The van der Waals surface area contributed by atoms with Crippen molar-refractivity contribution >= 4 is 23.5 Å². The molecule has 0 saturated heterocycles. The predicted octanol–water partition coefficient (Wildman–Crippen LogP) is 3.73. The topological polar surface area (TPSA) is 54.4 Å². The van der Waals surface area contributed by atoms with Crippen molar-refractivity contribution in [3.8, 4) is 0 Å². The van der Waals surface area contributed by atoms with Crippen molar-refractivity contribution in [2.75, 3.05) is 5.75 Å². The summed E-state index contributed by atoms with van der Waals surface area (Å²) in [4.78, 5) is 24.6. The van der Waals surface area contributed by atoms with Crippen molar-refractivity contribution in [1.82, 2.24) is 0 Å². The number of carbonyl (C=O) groups excluding carboxylic acids is 1. The molecule has 1 N–H and O–H groups in total. The number of thioether (sulfide) groups is 1. The maximum atomic E-state index is 12.4. The standard InChI is InChI=1S/C16H14O3S/c1-2-20-12-9-7-11(8-10-12)15(17)13-5-3-4-6-14(13)16(18)19/h3-10H,2H2,1H3,(H,18,19). The van der Waals surface area contributed by atoms with Crippen molar-refractivity contribution in [2.24, 2.45) is 0 Å². The predicted molar refractivity (Wildman–Crippen MR) is 79.7 cm³/mol. The molecule has 0 spiro atoms. The molecular formula is C16H14O3S. The molecular weight excluding hydrogens is 272 g/mol. The normalized spacial score (nSPS) is 10.2. The quantitative estimate of drug-likeness (QED) is 0.672. The Morgan fingerprint density at radius 3 is 2.15 bits per heavy atom. The third-order valence-electron chi connectivity index (χ3n) is 2.83. The lowest BCUT2D eigenvalue weighted by Gasteiger charge is -2.06. The third kappa shape index (κ3) is 3.08. The van der Waals surface area contributed by atoms with Crippen molar-refractivity contribution in [1.29, 1.82) is 0 Å². The minimum Gasteiger partial charge on any atom is -0.478 e. The Hall–Kier alpha value is -2.07. The first kappa shape index (κ1) is 14.3. The minimum absolute atomic E-state index is 0.0320. The first-order valence-electron chi connectivity index (χ1n) is 6.23. The Kier molecular flexibility index (Phi) is 4.58. The molecule has 3 nitrogen and oxygen atoms in total. The van der Waals surface area contributed by atoms with Crippen LogP contribution in [0.2, 0.25) is 0 Å². The van der Waals surface area contributed by atoms with E-state index in [0.717, 1.165) is 10.6 Å². The molecule has 0 radical (unpaired) electrons. The van der Waals surface area contributed by atoms with Crippen LogP contribution in [0.3, 0.4) is 0 Å². The lowest BCUT2D eigenvalue weighted by molar-refractivity contribution is 0.0693. The SMILES string of the molecule is CCSc1ccc(C(=O)c2ccccc2C(=O)O)cc1. The van der Waals surface area contributed by atoms with Crippen LogP contribution in [0.1, 0.15) is 33.2 Å². The fourth-order valence-electron chi connectivity index (χ4n) is 1.89. The van der Waals surface area contributed by atoms with Gasteiger partial charge in [0.05, 0.1) is 5.56 Å². The van der Waals surface area contributed by atoms with E-state index in [2.05, 4.69) is 6.92 Å². The van der Waals surface area contributed by atoms with Gasteiger partial charge in [0.1, 0.15) is 0 Å². The summed E-state index contributed by atoms with van der Waals surface area (Å²) in [6, 6.07) is 13.5. The summed E-state index contributed by atoms with van der Waals surface area (Å²) in [5, 5.41) is 9.12. The van der Waals surface area contributed by atoms with E-state index in [0.29, 0.717) is 5.56 Å². The zero-order chi connectivity index (χ0) is 14.5. The van der Waals surface area contributed by atoms with E-state index in [-0.39, 0.29) is 16.9 Å². The maximum absolute atomic E-state index is 12.4. The van der Waals surface area contributed by atoms with Gasteiger partial charge in [-0.1, -0.05) is 25.1 Å². The van der Waals surface area contributed by atoms with Crippen LogP contribution in [0, 0.1) is 0 Å². The van der Waals surface area contributed by atoms with Crippen LogP contribution in [0.15, 0.2) is 53.4 Å². The molecule has 2 rings (SSSR count). The number of rotatable bonds is 5. The molecule has 0 fully saturated rings. The number of carbonyl (C=O) groups is 2. The second-order valence-corrected chi connectivity index (χ2v) is 5.47. The average molecular weight is 286 g/mol. The Morgan fingerprint density at radius 2 is 1.60 bits per heavy atom. The van der Waals surface area contributed by atoms with E-state index < -0.39 is 5.97 Å². The molecule has 0 amide bonds. The van der Waals surface area contributed by atoms with E-state index in [9.17, 15) is 9.59 Å². The number of ketones is 1. The van der Waals surface area contributed by atoms with Gasteiger partial charge in [0.25, 0.3) is 0 Å². The molecule has 2 aromatic rings. The first-order chi connectivity index (χ1) is 9.63. The number of aromatic carboxylic acids is 1. The van der Waals surface area contributed by atoms with Gasteiger partial charge < -0.3 is 5.11 Å². The zero-order valence-electron chi connectivity index (χ0n) is 11.0. The lowest BCUT2D eigenvalue weighted by Crippen LogP contribution is -2.09. The Balaban J connectivity index is 2.34. The summed E-state index contributed by atoms with van der Waals surface area (Å²) in [7, 11) is 0. The summed E-state index contributed by atoms with van der Waals surface area (Å²) < 4.78 is 0. The highest BCUT2D eigenvalue weighted by molar-refractivity contribution is 7.99. The van der Waals surface area contributed by atoms with Gasteiger partial charge in [0, 0.05) is 16.0 Å². The summed E-state index contributed by atoms with van der Waals surface area (Å²) in [5.41, 5.74) is 0.750. The molecule has 0 aliphatic carbocycles. The fraction of sp³-hybridized carbons (Fsp3) is 0.125. The molecule has 2 aromatic carbocycles. The van der Waals surface area contributed by atoms with Crippen LogP contribution in [0.25, 0.3) is 0 Å². The number of carboxylic acids is 1. The van der Waals surface area contributed by atoms with Gasteiger partial charge in [-0.2, -0.15) is 0 Å². The van der Waals surface area contributed by atoms with Crippen LogP contribution >= 0.6 is 11.8 Å². The molecule has 0 saturated carbocycles. The maximum Gasteiger partial charge on any atom is 0.336 e. The van der Waals surface area contributed by atoms with E-state index >= 15 is 0 Å². The highest BCUT2D eigenvalue weighted by Gasteiger charge is 2.17. The number of carboxylic acid groups (broad SMARTS) is 1. The zero-order valence-corrected chi connectivity index (χ0v) is 11.8. The monoisotopic (exact) mass is 286 g/mol. The number of hydrogen-bond donors (Lipinski definition) is 1. The molecule has 0 bridgehead atoms. The lowest BCUT2D eigenvalue weighted by atomic mass is 9.98. The second kappa shape index (κ2) is 6.39. The van der Waals surface area contributed by atoms with Gasteiger partial charge in [-0.25, -0.2) is 4.79 Å². The van der Waals surface area contributed by atoms with Crippen LogP contribution < -0.4 is 0 Å². The van der Waals surface area contributed by atoms with Gasteiger partial charge >= 0.3 is 5.97 Å². The smallest absolute Gasteiger partial charge is 0.336 e. The van der Waals surface area contributed by atoms with Crippen LogP contribution in [-0.4, -0.2) is 22.6 Å². The average Bonchev–Trinajstić information content (AvgIpc) is 2.47. The summed E-state index contributed by atoms with van der Waals surface area (Å²) in [6.45, 7) is 2.06. The Labute approximate surface area is 121 Å². The van der Waals surface area contributed by atoms with E-state index in [1.165, 1.54) is 6.07 Å². The number of benzene rings is 2. The second-order valence-electron chi connectivity index (χ2n) is 4.14. The summed E-state index contributed by atoms with van der Waals surface area (Å²) in [5.74, 6) is -0.391. The molecule has 0 aliphatic rings. The highest BCUT2D eigenvalue weighted by atomic mass is 32.2. The molecule has 0 atom stereocenters. The van der Waals surface area contributed by atoms with Crippen LogP contribution in [0.5, 0.6) is 0 Å². The largest absolute Gasteiger partial charge is 0.478 e. The van der Waals surface area contributed by atoms with Crippen molar-refractivity contribution < 1.29 is 14.7 Å². The molecule has 102 valence electrons. The van der Waals surface area contributed by atoms with Gasteiger partial charge in [-0.15, -0.1) is 11.8 Å².